The van der Waals surface area contributed by atoms with Gasteiger partial charge >= 0.3 is 0 Å². The Balaban J connectivity index is 0.00000338. The lowest BCUT2D eigenvalue weighted by Crippen LogP contribution is -2.42. The van der Waals surface area contributed by atoms with E-state index in [1.807, 2.05) is 43.3 Å². The van der Waals surface area contributed by atoms with Crippen LogP contribution in [0.5, 0.6) is 11.5 Å². The zero-order valence-electron chi connectivity index (χ0n) is 15.1. The summed E-state index contributed by atoms with van der Waals surface area (Å²) in [7, 11) is 3.39. The van der Waals surface area contributed by atoms with E-state index in [1.165, 1.54) is 4.88 Å². The number of para-hydroxylation sites is 2. The summed E-state index contributed by atoms with van der Waals surface area (Å²) in [5.41, 5.74) is 0. The minimum absolute atomic E-state index is 0. The number of ether oxygens (including phenoxy) is 2. The summed E-state index contributed by atoms with van der Waals surface area (Å²) < 4.78 is 12.0. The van der Waals surface area contributed by atoms with Gasteiger partial charge in [-0.1, -0.05) is 23.7 Å². The number of nitrogens with zero attached hydrogens (tertiary/aromatic N) is 1. The molecule has 144 valence electrons. The van der Waals surface area contributed by atoms with Gasteiger partial charge in [-0.3, -0.25) is 4.99 Å². The molecular weight excluding hydrogens is 485 g/mol. The second kappa shape index (κ2) is 12.2. The van der Waals surface area contributed by atoms with Crippen molar-refractivity contribution in [3.63, 3.8) is 0 Å². The molecule has 1 aromatic heterocycles. The third kappa shape index (κ3) is 7.59. The number of nitrogens with one attached hydrogen (secondary N) is 2. The van der Waals surface area contributed by atoms with Gasteiger partial charge in [0, 0.05) is 18.5 Å². The number of benzene rings is 1. The fourth-order valence-electron chi connectivity index (χ4n) is 2.23. The first-order valence-electron chi connectivity index (χ1n) is 8.10. The van der Waals surface area contributed by atoms with Crippen molar-refractivity contribution in [3.8, 4) is 11.5 Å². The van der Waals surface area contributed by atoms with E-state index in [1.54, 1.807) is 25.5 Å². The molecule has 0 saturated heterocycles. The molecule has 8 heteroatoms. The maximum absolute atomic E-state index is 5.94. The molecule has 1 heterocycles. The maximum atomic E-state index is 5.94. The average molecular weight is 510 g/mol. The minimum atomic E-state index is -0.0362. The van der Waals surface area contributed by atoms with Crippen LogP contribution in [0, 0.1) is 0 Å². The highest BCUT2D eigenvalue weighted by atomic mass is 127. The Morgan fingerprint density at radius 3 is 2.54 bits per heavy atom. The van der Waals surface area contributed by atoms with E-state index in [4.69, 9.17) is 21.1 Å². The number of hydrogen-bond acceptors (Lipinski definition) is 4. The van der Waals surface area contributed by atoms with E-state index in [0.717, 1.165) is 34.8 Å². The number of aliphatic imine (C=N–C) groups is 1. The quantitative estimate of drug-likeness (QED) is 0.318. The Bertz CT molecular complexity index is 697. The molecule has 0 radical (unpaired) electrons. The van der Waals surface area contributed by atoms with Crippen molar-refractivity contribution in [3.05, 3.63) is 45.6 Å². The van der Waals surface area contributed by atoms with Gasteiger partial charge in [-0.25, -0.2) is 0 Å². The molecule has 0 bridgehead atoms. The predicted molar refractivity (Wildman–Crippen MR) is 121 cm³/mol. The van der Waals surface area contributed by atoms with Crippen LogP contribution < -0.4 is 20.1 Å². The third-order valence-corrected chi connectivity index (χ3v) is 4.76. The summed E-state index contributed by atoms with van der Waals surface area (Å²) >= 11 is 7.54. The Hall–Kier alpha value is -1.19. The molecular formula is C18H25ClIN3O2S. The van der Waals surface area contributed by atoms with E-state index < -0.39 is 0 Å². The molecule has 26 heavy (non-hydrogen) atoms. The van der Waals surface area contributed by atoms with Crippen molar-refractivity contribution in [2.45, 2.75) is 19.4 Å². The molecule has 0 aliphatic rings. The average Bonchev–Trinajstić information content (AvgIpc) is 3.03. The van der Waals surface area contributed by atoms with Crippen LogP contribution in [0.4, 0.5) is 0 Å². The fourth-order valence-corrected chi connectivity index (χ4v) is 3.31. The van der Waals surface area contributed by atoms with Crippen LogP contribution in [0.3, 0.4) is 0 Å². The van der Waals surface area contributed by atoms with Gasteiger partial charge in [-0.15, -0.1) is 35.3 Å². The van der Waals surface area contributed by atoms with Crippen LogP contribution >= 0.6 is 46.9 Å². The highest BCUT2D eigenvalue weighted by Crippen LogP contribution is 2.26. The summed E-state index contributed by atoms with van der Waals surface area (Å²) in [4.78, 5) is 5.48. The summed E-state index contributed by atoms with van der Waals surface area (Å²) in [5, 5.41) is 6.56. The lowest BCUT2D eigenvalue weighted by Gasteiger charge is -2.19. The molecule has 0 aliphatic heterocycles. The van der Waals surface area contributed by atoms with Gasteiger partial charge in [0.2, 0.25) is 0 Å². The normalized spacial score (nSPS) is 12.1. The largest absolute Gasteiger partial charge is 0.493 e. The van der Waals surface area contributed by atoms with Crippen LogP contribution in [0.2, 0.25) is 4.34 Å². The van der Waals surface area contributed by atoms with Crippen LogP contribution in [0.1, 0.15) is 11.8 Å². The van der Waals surface area contributed by atoms with Crippen molar-refractivity contribution >= 4 is 52.9 Å². The maximum Gasteiger partial charge on any atom is 0.191 e. The molecule has 2 aromatic rings. The topological polar surface area (TPSA) is 54.9 Å². The summed E-state index contributed by atoms with van der Waals surface area (Å²) in [6, 6.07) is 11.6. The number of guanidine groups is 1. The van der Waals surface area contributed by atoms with Gasteiger partial charge < -0.3 is 20.1 Å². The second-order valence-corrected chi connectivity index (χ2v) is 7.21. The van der Waals surface area contributed by atoms with E-state index in [-0.39, 0.29) is 30.1 Å². The minimum Gasteiger partial charge on any atom is -0.493 e. The Labute approximate surface area is 181 Å². The van der Waals surface area contributed by atoms with E-state index in [9.17, 15) is 0 Å². The molecule has 0 saturated carbocycles. The summed E-state index contributed by atoms with van der Waals surface area (Å²) in [6.45, 7) is 3.42. The summed E-state index contributed by atoms with van der Waals surface area (Å²) in [5.74, 6) is 2.21. The number of halogens is 2. The first kappa shape index (κ1) is 22.9. The predicted octanol–water partition coefficient (Wildman–Crippen LogP) is 4.20. The number of methoxy groups -OCH3 is 1. The van der Waals surface area contributed by atoms with E-state index >= 15 is 0 Å². The van der Waals surface area contributed by atoms with Crippen molar-refractivity contribution < 1.29 is 9.47 Å². The number of rotatable bonds is 8. The van der Waals surface area contributed by atoms with Crippen molar-refractivity contribution in [1.82, 2.24) is 10.6 Å². The molecule has 0 amide bonds. The fraction of sp³-hybridized carbons (Fsp3) is 0.389. The molecule has 0 spiro atoms. The van der Waals surface area contributed by atoms with Crippen molar-refractivity contribution in [2.24, 2.45) is 4.99 Å². The van der Waals surface area contributed by atoms with Crippen molar-refractivity contribution in [2.75, 3.05) is 27.2 Å². The summed E-state index contributed by atoms with van der Waals surface area (Å²) in [6.07, 6.45) is 0.872. The first-order valence-corrected chi connectivity index (χ1v) is 9.30. The van der Waals surface area contributed by atoms with E-state index in [2.05, 4.69) is 15.6 Å². The molecule has 2 N–H and O–H groups in total. The number of hydrogen-bond donors (Lipinski definition) is 2. The molecule has 1 atom stereocenters. The molecule has 2 rings (SSSR count). The third-order valence-electron chi connectivity index (χ3n) is 3.47. The molecule has 0 fully saturated rings. The monoisotopic (exact) mass is 509 g/mol. The highest BCUT2D eigenvalue weighted by molar-refractivity contribution is 14.0. The lowest BCUT2D eigenvalue weighted by molar-refractivity contribution is 0.213. The van der Waals surface area contributed by atoms with E-state index in [0.29, 0.717) is 6.54 Å². The highest BCUT2D eigenvalue weighted by Gasteiger charge is 2.09. The first-order chi connectivity index (χ1) is 12.1. The Morgan fingerprint density at radius 2 is 1.92 bits per heavy atom. The SMILES string of the molecule is CN=C(NCCc1ccc(Cl)s1)NCC(C)Oc1ccccc1OC.I. The van der Waals surface area contributed by atoms with Crippen LogP contribution in [0.25, 0.3) is 0 Å². The smallest absolute Gasteiger partial charge is 0.191 e. The van der Waals surface area contributed by atoms with Crippen LogP contribution in [-0.2, 0) is 6.42 Å². The van der Waals surface area contributed by atoms with Gasteiger partial charge in [0.1, 0.15) is 6.10 Å². The molecule has 0 aliphatic carbocycles. The van der Waals surface area contributed by atoms with Crippen LogP contribution in [-0.4, -0.2) is 39.3 Å². The van der Waals surface area contributed by atoms with Crippen molar-refractivity contribution in [1.29, 1.82) is 0 Å². The number of thiophene rings is 1. The Morgan fingerprint density at radius 1 is 1.19 bits per heavy atom. The van der Waals surface area contributed by atoms with Gasteiger partial charge in [0.15, 0.2) is 17.5 Å². The van der Waals surface area contributed by atoms with Gasteiger partial charge in [0.05, 0.1) is 18.0 Å². The lowest BCUT2D eigenvalue weighted by atomic mass is 10.3. The standard InChI is InChI=1S/C18H24ClN3O2S.HI/c1-13(24-16-7-5-4-6-15(16)23-3)12-22-18(20-2)21-11-10-14-8-9-17(19)25-14;/h4-9,13H,10-12H2,1-3H3,(H2,20,21,22);1H. The van der Waals surface area contributed by atoms with Gasteiger partial charge in [-0.05, 0) is 37.6 Å². The second-order valence-electron chi connectivity index (χ2n) is 5.42. The molecule has 5 nitrogen and oxygen atoms in total. The molecule has 1 unspecified atom stereocenters. The molecule has 1 aromatic carbocycles. The van der Waals surface area contributed by atoms with Crippen LogP contribution in [0.15, 0.2) is 41.4 Å². The Kier molecular flexibility index (Phi) is 10.8. The zero-order chi connectivity index (χ0) is 18.1. The van der Waals surface area contributed by atoms with Gasteiger partial charge in [0.25, 0.3) is 0 Å². The zero-order valence-corrected chi connectivity index (χ0v) is 19.0. The van der Waals surface area contributed by atoms with Gasteiger partial charge in [-0.2, -0.15) is 0 Å².